The van der Waals surface area contributed by atoms with Crippen LogP contribution in [0.5, 0.6) is 0 Å². The maximum Gasteiger partial charge on any atom is 0.239 e. The standard InChI is InChI=1S/C7H14N2O.2C2H6/c1-5-3-9(4-5)7(10)6(2)8;2*1-2/h5-6H,3-4,8H2,1-2H3;2*1-2H3. The molecule has 0 spiro atoms. The van der Waals surface area contributed by atoms with Crippen LogP contribution in [0.4, 0.5) is 0 Å². The molecule has 1 unspecified atom stereocenters. The van der Waals surface area contributed by atoms with Crippen molar-refractivity contribution < 1.29 is 4.79 Å². The second kappa shape index (κ2) is 9.00. The number of carbonyl (C=O) groups excluding carboxylic acids is 1. The van der Waals surface area contributed by atoms with E-state index in [1.807, 2.05) is 27.7 Å². The van der Waals surface area contributed by atoms with Crippen LogP contribution < -0.4 is 5.73 Å². The molecule has 1 saturated heterocycles. The Labute approximate surface area is 88.7 Å². The van der Waals surface area contributed by atoms with Gasteiger partial charge in [0.25, 0.3) is 0 Å². The molecular formula is C11H26N2O. The number of amides is 1. The first-order valence-electron chi connectivity index (χ1n) is 5.65. The van der Waals surface area contributed by atoms with Crippen LogP contribution in [0, 0.1) is 5.92 Å². The van der Waals surface area contributed by atoms with Gasteiger partial charge in [-0.05, 0) is 12.8 Å². The summed E-state index contributed by atoms with van der Waals surface area (Å²) < 4.78 is 0. The first kappa shape index (κ1) is 15.9. The second-order valence-corrected chi connectivity index (χ2v) is 3.14. The van der Waals surface area contributed by atoms with Crippen LogP contribution in [0.3, 0.4) is 0 Å². The van der Waals surface area contributed by atoms with Gasteiger partial charge in [0.1, 0.15) is 0 Å². The van der Waals surface area contributed by atoms with Crippen LogP contribution in [-0.2, 0) is 4.79 Å². The van der Waals surface area contributed by atoms with Crippen molar-refractivity contribution >= 4 is 5.91 Å². The van der Waals surface area contributed by atoms with Crippen molar-refractivity contribution in [1.82, 2.24) is 4.90 Å². The Bertz CT molecular complexity index is 140. The highest BCUT2D eigenvalue weighted by atomic mass is 16.2. The lowest BCUT2D eigenvalue weighted by atomic mass is 10.0. The normalized spacial score (nSPS) is 16.6. The summed E-state index contributed by atoms with van der Waals surface area (Å²) in [4.78, 5) is 12.9. The van der Waals surface area contributed by atoms with E-state index >= 15 is 0 Å². The minimum atomic E-state index is -0.326. The fraction of sp³-hybridized carbons (Fsp3) is 0.909. The second-order valence-electron chi connectivity index (χ2n) is 3.14. The maximum absolute atomic E-state index is 11.1. The quantitative estimate of drug-likeness (QED) is 0.705. The maximum atomic E-state index is 11.1. The van der Waals surface area contributed by atoms with Crippen molar-refractivity contribution in [2.75, 3.05) is 13.1 Å². The van der Waals surface area contributed by atoms with E-state index < -0.39 is 0 Å². The lowest BCUT2D eigenvalue weighted by molar-refractivity contribution is -0.138. The monoisotopic (exact) mass is 202 g/mol. The lowest BCUT2D eigenvalue weighted by Crippen LogP contribution is -2.53. The summed E-state index contributed by atoms with van der Waals surface area (Å²) in [5, 5.41) is 0. The number of nitrogens with two attached hydrogens (primary N) is 1. The van der Waals surface area contributed by atoms with E-state index in [0.717, 1.165) is 13.1 Å². The fourth-order valence-electron chi connectivity index (χ4n) is 1.17. The van der Waals surface area contributed by atoms with Gasteiger partial charge in [-0.1, -0.05) is 34.6 Å². The van der Waals surface area contributed by atoms with Crippen LogP contribution in [0.25, 0.3) is 0 Å². The Hall–Kier alpha value is -0.570. The summed E-state index contributed by atoms with van der Waals surface area (Å²) in [6.45, 7) is 13.6. The molecule has 1 amide bonds. The minimum Gasteiger partial charge on any atom is -0.341 e. The first-order valence-corrected chi connectivity index (χ1v) is 5.65. The summed E-state index contributed by atoms with van der Waals surface area (Å²) in [6.07, 6.45) is 0. The molecule has 0 saturated carbocycles. The number of rotatable bonds is 1. The highest BCUT2D eigenvalue weighted by Gasteiger charge is 2.28. The van der Waals surface area contributed by atoms with Gasteiger partial charge in [0.05, 0.1) is 6.04 Å². The molecule has 0 radical (unpaired) electrons. The molecule has 1 aliphatic rings. The third-order valence-corrected chi connectivity index (χ3v) is 1.77. The van der Waals surface area contributed by atoms with Gasteiger partial charge < -0.3 is 10.6 Å². The predicted molar refractivity (Wildman–Crippen MR) is 62.1 cm³/mol. The van der Waals surface area contributed by atoms with Gasteiger partial charge in [0.2, 0.25) is 5.91 Å². The molecule has 0 bridgehead atoms. The van der Waals surface area contributed by atoms with Gasteiger partial charge in [-0.2, -0.15) is 0 Å². The highest BCUT2D eigenvalue weighted by Crippen LogP contribution is 2.14. The van der Waals surface area contributed by atoms with E-state index in [4.69, 9.17) is 5.73 Å². The Balaban J connectivity index is 0. The number of likely N-dealkylation sites (tertiary alicyclic amines) is 1. The Kier molecular flexibility index (Phi) is 10.2. The SMILES string of the molecule is CC.CC.CC1CN(C(=O)C(C)N)C1. The predicted octanol–water partition coefficient (Wildman–Crippen LogP) is 1.86. The van der Waals surface area contributed by atoms with Gasteiger partial charge >= 0.3 is 0 Å². The molecule has 3 heteroatoms. The average molecular weight is 202 g/mol. The molecule has 14 heavy (non-hydrogen) atoms. The molecule has 86 valence electrons. The summed E-state index contributed by atoms with van der Waals surface area (Å²) in [5.41, 5.74) is 5.40. The number of hydrogen-bond acceptors (Lipinski definition) is 2. The van der Waals surface area contributed by atoms with Gasteiger partial charge in [-0.25, -0.2) is 0 Å². The average Bonchev–Trinajstić information content (AvgIpc) is 2.18. The number of carbonyl (C=O) groups is 1. The van der Waals surface area contributed by atoms with E-state index in [2.05, 4.69) is 6.92 Å². The van der Waals surface area contributed by atoms with E-state index in [1.165, 1.54) is 0 Å². The largest absolute Gasteiger partial charge is 0.341 e. The topological polar surface area (TPSA) is 46.3 Å². The van der Waals surface area contributed by atoms with Crippen LogP contribution in [0.15, 0.2) is 0 Å². The van der Waals surface area contributed by atoms with Gasteiger partial charge in [-0.3, -0.25) is 4.79 Å². The van der Waals surface area contributed by atoms with E-state index in [1.54, 1.807) is 11.8 Å². The number of nitrogens with zero attached hydrogens (tertiary/aromatic N) is 1. The zero-order valence-corrected chi connectivity index (χ0v) is 10.5. The summed E-state index contributed by atoms with van der Waals surface area (Å²) in [6, 6.07) is -0.326. The van der Waals surface area contributed by atoms with Crippen LogP contribution in [0.2, 0.25) is 0 Å². The van der Waals surface area contributed by atoms with Crippen molar-refractivity contribution in [2.45, 2.75) is 47.6 Å². The Morgan fingerprint density at radius 1 is 1.29 bits per heavy atom. The molecule has 1 rings (SSSR count). The zero-order chi connectivity index (χ0) is 11.7. The van der Waals surface area contributed by atoms with E-state index in [9.17, 15) is 4.79 Å². The van der Waals surface area contributed by atoms with Crippen LogP contribution >= 0.6 is 0 Å². The molecule has 1 atom stereocenters. The van der Waals surface area contributed by atoms with Gasteiger partial charge in [0, 0.05) is 13.1 Å². The van der Waals surface area contributed by atoms with Crippen LogP contribution in [0.1, 0.15) is 41.5 Å². The Morgan fingerprint density at radius 3 is 1.86 bits per heavy atom. The van der Waals surface area contributed by atoms with E-state index in [-0.39, 0.29) is 11.9 Å². The Morgan fingerprint density at radius 2 is 1.64 bits per heavy atom. The van der Waals surface area contributed by atoms with Crippen molar-refractivity contribution in [3.63, 3.8) is 0 Å². The summed E-state index contributed by atoms with van der Waals surface area (Å²) in [5.74, 6) is 0.751. The third-order valence-electron chi connectivity index (χ3n) is 1.77. The minimum absolute atomic E-state index is 0.0816. The van der Waals surface area contributed by atoms with Gasteiger partial charge in [0.15, 0.2) is 0 Å². The van der Waals surface area contributed by atoms with Crippen molar-refractivity contribution in [2.24, 2.45) is 11.7 Å². The molecular weight excluding hydrogens is 176 g/mol. The fourth-order valence-corrected chi connectivity index (χ4v) is 1.17. The smallest absolute Gasteiger partial charge is 0.239 e. The van der Waals surface area contributed by atoms with E-state index in [0.29, 0.717) is 5.92 Å². The molecule has 1 fully saturated rings. The molecule has 1 aliphatic heterocycles. The van der Waals surface area contributed by atoms with Crippen molar-refractivity contribution in [1.29, 1.82) is 0 Å². The van der Waals surface area contributed by atoms with Gasteiger partial charge in [-0.15, -0.1) is 0 Å². The molecule has 2 N–H and O–H groups in total. The molecule has 0 aliphatic carbocycles. The molecule has 3 nitrogen and oxygen atoms in total. The molecule has 0 aromatic rings. The van der Waals surface area contributed by atoms with Crippen LogP contribution in [-0.4, -0.2) is 29.9 Å². The van der Waals surface area contributed by atoms with Crippen molar-refractivity contribution in [3.05, 3.63) is 0 Å². The zero-order valence-electron chi connectivity index (χ0n) is 10.5. The highest BCUT2D eigenvalue weighted by molar-refractivity contribution is 5.81. The van der Waals surface area contributed by atoms with Crippen molar-refractivity contribution in [3.8, 4) is 0 Å². The summed E-state index contributed by atoms with van der Waals surface area (Å²) >= 11 is 0. The molecule has 0 aromatic heterocycles. The third kappa shape index (κ3) is 5.22. The lowest BCUT2D eigenvalue weighted by Gasteiger charge is -2.38. The first-order chi connectivity index (χ1) is 6.61. The number of hydrogen-bond donors (Lipinski definition) is 1. The summed E-state index contributed by atoms with van der Waals surface area (Å²) in [7, 11) is 0. The molecule has 0 aromatic carbocycles. The molecule has 1 heterocycles.